The third kappa shape index (κ3) is 7.49. The average Bonchev–Trinajstić information content (AvgIpc) is 3.24. The highest BCUT2D eigenvalue weighted by Crippen LogP contribution is 2.37. The van der Waals surface area contributed by atoms with Crippen LogP contribution in [-0.2, 0) is 19.3 Å². The summed E-state index contributed by atoms with van der Waals surface area (Å²) in [7, 11) is 1.73. The molecule has 1 aromatic heterocycles. The van der Waals surface area contributed by atoms with Crippen LogP contribution in [0, 0.1) is 0 Å². The summed E-state index contributed by atoms with van der Waals surface area (Å²) in [4.78, 5) is 27.3. The molecule has 10 nitrogen and oxygen atoms in total. The maximum atomic E-state index is 12.9. The number of aliphatic hydroxyl groups is 1. The Bertz CT molecular complexity index is 1420. The van der Waals surface area contributed by atoms with Gasteiger partial charge in [0.15, 0.2) is 0 Å². The van der Waals surface area contributed by atoms with Gasteiger partial charge in [0.1, 0.15) is 11.6 Å². The number of aryl methyl sites for hydroxylation is 1. The zero-order valence-electron chi connectivity index (χ0n) is 26.5. The van der Waals surface area contributed by atoms with Gasteiger partial charge in [-0.25, -0.2) is 4.98 Å². The van der Waals surface area contributed by atoms with Crippen molar-refractivity contribution >= 4 is 29.0 Å². The van der Waals surface area contributed by atoms with Crippen molar-refractivity contribution < 1.29 is 14.6 Å². The fraction of sp³-hybridized carbons (Fsp3) is 0.500. The molecule has 1 amide bonds. The number of ether oxygens (including phenoxy) is 1. The molecule has 0 radical (unpaired) electrons. The highest BCUT2D eigenvalue weighted by Gasteiger charge is 2.28. The molecule has 0 bridgehead atoms. The predicted molar refractivity (Wildman–Crippen MR) is 176 cm³/mol. The maximum Gasteiger partial charge on any atom is 0.253 e. The van der Waals surface area contributed by atoms with Crippen LogP contribution < -0.4 is 20.7 Å². The standard InChI is InChI=1S/C34H47N7O3/c1-5-24-22-35-34(39-32(24)37-29-12-7-6-10-28(29)33(43)36-23(2)3)38-30-14-13-25-21-26(9-8-11-27(25)31(30)44-4)41-17-15-40(16-18-41)19-20-42/h6-7,10,12-14,22-23,26,42H,5,8-9,11,15-21H2,1-4H3,(H,36,43)(H2,35,37,38,39). The molecule has 0 saturated carbocycles. The van der Waals surface area contributed by atoms with E-state index in [1.54, 1.807) is 7.11 Å². The van der Waals surface area contributed by atoms with Crippen molar-refractivity contribution in [1.82, 2.24) is 25.1 Å². The van der Waals surface area contributed by atoms with Gasteiger partial charge in [-0.1, -0.05) is 25.1 Å². The van der Waals surface area contributed by atoms with E-state index in [1.807, 2.05) is 44.3 Å². The number of aromatic nitrogens is 2. The fourth-order valence-corrected chi connectivity index (χ4v) is 6.35. The van der Waals surface area contributed by atoms with Crippen LogP contribution in [0.3, 0.4) is 0 Å². The first-order valence-electron chi connectivity index (χ1n) is 16.0. The summed E-state index contributed by atoms with van der Waals surface area (Å²) < 4.78 is 6.02. The number of β-amino-alcohol motifs (C(OH)–C–C–N with tert-alkyl or cyclic N) is 1. The van der Waals surface area contributed by atoms with Gasteiger partial charge >= 0.3 is 0 Å². The first kappa shape index (κ1) is 31.7. The fourth-order valence-electron chi connectivity index (χ4n) is 6.35. The Kier molecular flexibility index (Phi) is 10.7. The molecule has 4 N–H and O–H groups in total. The normalized spacial score (nSPS) is 17.5. The van der Waals surface area contributed by atoms with Crippen molar-refractivity contribution in [3.63, 3.8) is 0 Å². The van der Waals surface area contributed by atoms with Gasteiger partial charge < -0.3 is 25.8 Å². The molecule has 1 fully saturated rings. The van der Waals surface area contributed by atoms with Crippen LogP contribution in [0.25, 0.3) is 0 Å². The van der Waals surface area contributed by atoms with Crippen molar-refractivity contribution in [2.24, 2.45) is 0 Å². The lowest BCUT2D eigenvalue weighted by Crippen LogP contribution is -2.51. The van der Waals surface area contributed by atoms with E-state index in [0.29, 0.717) is 29.1 Å². The maximum absolute atomic E-state index is 12.9. The van der Waals surface area contributed by atoms with Gasteiger partial charge in [0.05, 0.1) is 30.7 Å². The molecule has 1 unspecified atom stereocenters. The Morgan fingerprint density at radius 1 is 1.09 bits per heavy atom. The number of aliphatic hydroxyl groups excluding tert-OH is 1. The highest BCUT2D eigenvalue weighted by atomic mass is 16.5. The Morgan fingerprint density at radius 3 is 2.61 bits per heavy atom. The monoisotopic (exact) mass is 601 g/mol. The summed E-state index contributed by atoms with van der Waals surface area (Å²) in [6.45, 7) is 11.1. The van der Waals surface area contributed by atoms with Crippen molar-refractivity contribution in [2.45, 2.75) is 65.0 Å². The smallest absolute Gasteiger partial charge is 0.253 e. The molecule has 2 aromatic carbocycles. The molecular formula is C34H47N7O3. The molecule has 5 rings (SSSR count). The largest absolute Gasteiger partial charge is 0.494 e. The summed E-state index contributed by atoms with van der Waals surface area (Å²) in [5, 5.41) is 19.1. The molecule has 44 heavy (non-hydrogen) atoms. The number of anilines is 4. The van der Waals surface area contributed by atoms with Crippen molar-refractivity contribution in [3.8, 4) is 5.75 Å². The average molecular weight is 602 g/mol. The SMILES string of the molecule is CCc1cnc(Nc2ccc3c(c2OC)CCCC(N2CCN(CCO)CC2)C3)nc1Nc1ccccc1C(=O)NC(C)C. The van der Waals surface area contributed by atoms with Crippen molar-refractivity contribution in [1.29, 1.82) is 0 Å². The number of carbonyl (C=O) groups excluding carboxylic acids is 1. The highest BCUT2D eigenvalue weighted by molar-refractivity contribution is 6.00. The molecule has 1 atom stereocenters. The number of piperazine rings is 1. The van der Waals surface area contributed by atoms with E-state index in [-0.39, 0.29) is 18.6 Å². The minimum absolute atomic E-state index is 0.0338. The van der Waals surface area contributed by atoms with E-state index in [2.05, 4.69) is 49.8 Å². The first-order valence-corrected chi connectivity index (χ1v) is 16.0. The van der Waals surface area contributed by atoms with E-state index < -0.39 is 0 Å². The van der Waals surface area contributed by atoms with Crippen LogP contribution in [0.2, 0.25) is 0 Å². The summed E-state index contributed by atoms with van der Waals surface area (Å²) in [5.41, 5.74) is 5.65. The number of benzene rings is 2. The molecular weight excluding hydrogens is 554 g/mol. The lowest BCUT2D eigenvalue weighted by molar-refractivity contribution is 0.0805. The summed E-state index contributed by atoms with van der Waals surface area (Å²) in [6.07, 6.45) is 6.80. The number of para-hydroxylation sites is 1. The van der Waals surface area contributed by atoms with E-state index in [4.69, 9.17) is 9.72 Å². The second kappa shape index (κ2) is 14.8. The zero-order valence-corrected chi connectivity index (χ0v) is 26.5. The van der Waals surface area contributed by atoms with Gasteiger partial charge in [-0.3, -0.25) is 14.6 Å². The number of rotatable bonds is 11. The van der Waals surface area contributed by atoms with Gasteiger partial charge in [0, 0.05) is 56.6 Å². The number of nitrogens with one attached hydrogen (secondary N) is 3. The summed E-state index contributed by atoms with van der Waals surface area (Å²) in [5.74, 6) is 1.84. The third-order valence-electron chi connectivity index (χ3n) is 8.66. The molecule has 1 aliphatic carbocycles. The number of hydrogen-bond donors (Lipinski definition) is 4. The van der Waals surface area contributed by atoms with Crippen LogP contribution in [0.5, 0.6) is 5.75 Å². The van der Waals surface area contributed by atoms with Gasteiger partial charge in [0.25, 0.3) is 5.91 Å². The molecule has 2 aliphatic rings. The molecule has 0 spiro atoms. The van der Waals surface area contributed by atoms with E-state index in [1.165, 1.54) is 11.1 Å². The van der Waals surface area contributed by atoms with Crippen LogP contribution in [-0.4, -0.2) is 89.3 Å². The number of carbonyl (C=O) groups is 1. The molecule has 10 heteroatoms. The zero-order chi connectivity index (χ0) is 31.1. The Balaban J connectivity index is 1.35. The van der Waals surface area contributed by atoms with Crippen LogP contribution in [0.15, 0.2) is 42.6 Å². The van der Waals surface area contributed by atoms with Gasteiger partial charge in [-0.2, -0.15) is 4.98 Å². The Hall–Kier alpha value is -3.73. The molecule has 2 heterocycles. The van der Waals surface area contributed by atoms with Gasteiger partial charge in [-0.05, 0) is 75.3 Å². The lowest BCUT2D eigenvalue weighted by atomic mass is 9.98. The number of fused-ring (bicyclic) bond motifs is 1. The summed E-state index contributed by atoms with van der Waals surface area (Å²) >= 11 is 0. The lowest BCUT2D eigenvalue weighted by Gasteiger charge is -2.39. The number of methoxy groups -OCH3 is 1. The number of nitrogens with zero attached hydrogens (tertiary/aromatic N) is 4. The second-order valence-electron chi connectivity index (χ2n) is 12.0. The third-order valence-corrected chi connectivity index (χ3v) is 8.66. The minimum atomic E-state index is -0.130. The van der Waals surface area contributed by atoms with Crippen LogP contribution >= 0.6 is 0 Å². The van der Waals surface area contributed by atoms with E-state index in [9.17, 15) is 9.90 Å². The first-order chi connectivity index (χ1) is 21.4. The minimum Gasteiger partial charge on any atom is -0.494 e. The molecule has 236 valence electrons. The Morgan fingerprint density at radius 2 is 1.89 bits per heavy atom. The quantitative estimate of drug-likeness (QED) is 0.235. The van der Waals surface area contributed by atoms with Gasteiger partial charge in [0.2, 0.25) is 5.95 Å². The summed E-state index contributed by atoms with van der Waals surface area (Å²) in [6, 6.07) is 12.3. The molecule has 1 aliphatic heterocycles. The van der Waals surface area contributed by atoms with E-state index in [0.717, 1.165) is 81.8 Å². The Labute approximate surface area is 261 Å². The number of amides is 1. The van der Waals surface area contributed by atoms with Gasteiger partial charge in [-0.15, -0.1) is 0 Å². The molecule has 3 aromatic rings. The van der Waals surface area contributed by atoms with Crippen LogP contribution in [0.4, 0.5) is 23.1 Å². The molecule has 1 saturated heterocycles. The predicted octanol–water partition coefficient (Wildman–Crippen LogP) is 4.53. The van der Waals surface area contributed by atoms with Crippen molar-refractivity contribution in [3.05, 3.63) is 64.8 Å². The second-order valence-corrected chi connectivity index (χ2v) is 12.0. The number of hydrogen-bond acceptors (Lipinski definition) is 9. The van der Waals surface area contributed by atoms with Crippen molar-refractivity contribution in [2.75, 3.05) is 57.1 Å². The van der Waals surface area contributed by atoms with E-state index >= 15 is 0 Å². The topological polar surface area (TPSA) is 115 Å². The van der Waals surface area contributed by atoms with Crippen LogP contribution in [0.1, 0.15) is 60.7 Å².